The Morgan fingerprint density at radius 2 is 2.25 bits per heavy atom. The Morgan fingerprint density at radius 1 is 1.40 bits per heavy atom. The lowest BCUT2D eigenvalue weighted by Gasteiger charge is -2.12. The fourth-order valence-electron chi connectivity index (χ4n) is 2.71. The minimum Gasteiger partial charge on any atom is -0.374 e. The van der Waals surface area contributed by atoms with Gasteiger partial charge in [-0.05, 0) is 48.7 Å². The van der Waals surface area contributed by atoms with Crippen LogP contribution >= 0.6 is 0 Å². The molecule has 1 aromatic heterocycles. The van der Waals surface area contributed by atoms with E-state index in [9.17, 15) is 4.79 Å². The largest absolute Gasteiger partial charge is 0.374 e. The van der Waals surface area contributed by atoms with Gasteiger partial charge in [-0.25, -0.2) is 0 Å². The highest BCUT2D eigenvalue weighted by molar-refractivity contribution is 5.92. The minimum atomic E-state index is 0.0234. The first-order chi connectivity index (χ1) is 9.61. The molecular weight excluding hydrogens is 250 g/mol. The molecule has 0 fully saturated rings. The summed E-state index contributed by atoms with van der Waals surface area (Å²) in [6.07, 6.45) is 3.33. The molecule has 3 rings (SSSR count). The summed E-state index contributed by atoms with van der Waals surface area (Å²) < 4.78 is 0. The normalized spacial score (nSPS) is 13.4. The van der Waals surface area contributed by atoms with Gasteiger partial charge < -0.3 is 15.2 Å². The van der Waals surface area contributed by atoms with Crippen LogP contribution in [0.4, 0.5) is 11.4 Å². The predicted molar refractivity (Wildman–Crippen MR) is 81.3 cm³/mol. The summed E-state index contributed by atoms with van der Waals surface area (Å²) in [5.41, 5.74) is 5.55. The van der Waals surface area contributed by atoms with Crippen LogP contribution in [0.1, 0.15) is 16.8 Å². The summed E-state index contributed by atoms with van der Waals surface area (Å²) in [6.45, 7) is 3.04. The number of nitrogens with zero attached hydrogens (tertiary/aromatic N) is 1. The summed E-state index contributed by atoms with van der Waals surface area (Å²) in [4.78, 5) is 17.4. The molecule has 4 nitrogen and oxygen atoms in total. The number of fused-ring (bicyclic) bond motifs is 1. The van der Waals surface area contributed by atoms with E-state index in [4.69, 9.17) is 0 Å². The molecule has 0 aliphatic carbocycles. The second kappa shape index (κ2) is 5.04. The number of nitrogens with one attached hydrogen (secondary N) is 2. The van der Waals surface area contributed by atoms with Crippen molar-refractivity contribution < 1.29 is 4.79 Å². The number of carbonyl (C=O) groups is 1. The van der Waals surface area contributed by atoms with Gasteiger partial charge in [0.1, 0.15) is 0 Å². The molecule has 20 heavy (non-hydrogen) atoms. The maximum absolute atomic E-state index is 12.0. The lowest BCUT2D eigenvalue weighted by molar-refractivity contribution is -0.115. The highest BCUT2D eigenvalue weighted by Gasteiger charge is 2.16. The highest BCUT2D eigenvalue weighted by atomic mass is 16.1. The van der Waals surface area contributed by atoms with Crippen LogP contribution in [0.15, 0.2) is 30.5 Å². The van der Waals surface area contributed by atoms with Gasteiger partial charge in [-0.1, -0.05) is 0 Å². The third kappa shape index (κ3) is 2.54. The second-order valence-electron chi connectivity index (χ2n) is 5.43. The molecule has 0 saturated carbocycles. The predicted octanol–water partition coefficient (Wildman–Crippen LogP) is 2.50. The van der Waals surface area contributed by atoms with Crippen LogP contribution in [0.5, 0.6) is 0 Å². The summed E-state index contributed by atoms with van der Waals surface area (Å²) in [5, 5.41) is 2.97. The molecule has 104 valence electrons. The van der Waals surface area contributed by atoms with Gasteiger partial charge in [0.05, 0.1) is 6.42 Å². The van der Waals surface area contributed by atoms with E-state index in [0.717, 1.165) is 29.9 Å². The van der Waals surface area contributed by atoms with Gasteiger partial charge in [0, 0.05) is 36.9 Å². The number of rotatable bonds is 3. The first-order valence-corrected chi connectivity index (χ1v) is 6.89. The fraction of sp³-hybridized carbons (Fsp3) is 0.312. The summed E-state index contributed by atoms with van der Waals surface area (Å²) in [6, 6.07) is 8.13. The standard InChI is InChI=1S/C16H19N3O/c1-11-7-12(10-17-11)8-16(20)18-14-3-4-15-13(9-14)5-6-19(15)2/h3-4,7,9-10,17H,5-6,8H2,1-2H3,(H,18,20). The first-order valence-electron chi connectivity index (χ1n) is 6.89. The van der Waals surface area contributed by atoms with Crippen molar-refractivity contribution in [1.82, 2.24) is 4.98 Å². The molecule has 0 atom stereocenters. The van der Waals surface area contributed by atoms with Crippen molar-refractivity contribution in [3.05, 3.63) is 47.3 Å². The lowest BCUT2D eigenvalue weighted by atomic mass is 10.1. The molecule has 0 unspecified atom stereocenters. The van der Waals surface area contributed by atoms with Crippen LogP contribution in [0.25, 0.3) is 0 Å². The van der Waals surface area contributed by atoms with Gasteiger partial charge in [-0.2, -0.15) is 0 Å². The number of H-pyrrole nitrogens is 1. The van der Waals surface area contributed by atoms with Crippen LogP contribution in [0.2, 0.25) is 0 Å². The maximum Gasteiger partial charge on any atom is 0.228 e. The SMILES string of the molecule is Cc1cc(CC(=O)Nc2ccc3c(c2)CCN3C)c[nH]1. The lowest BCUT2D eigenvalue weighted by Crippen LogP contribution is -2.14. The molecule has 2 aromatic rings. The summed E-state index contributed by atoms with van der Waals surface area (Å²) in [7, 11) is 2.10. The van der Waals surface area contributed by atoms with Crippen molar-refractivity contribution in [2.24, 2.45) is 0 Å². The first kappa shape index (κ1) is 12.8. The number of hydrogen-bond donors (Lipinski definition) is 2. The third-order valence-corrected chi connectivity index (χ3v) is 3.74. The fourth-order valence-corrected chi connectivity index (χ4v) is 2.71. The second-order valence-corrected chi connectivity index (χ2v) is 5.43. The van der Waals surface area contributed by atoms with E-state index in [1.165, 1.54) is 11.3 Å². The molecule has 1 aromatic carbocycles. The number of aryl methyl sites for hydroxylation is 1. The average Bonchev–Trinajstić information content (AvgIpc) is 2.96. The van der Waals surface area contributed by atoms with E-state index in [-0.39, 0.29) is 5.91 Å². The highest BCUT2D eigenvalue weighted by Crippen LogP contribution is 2.29. The minimum absolute atomic E-state index is 0.0234. The number of anilines is 2. The van der Waals surface area contributed by atoms with E-state index >= 15 is 0 Å². The Labute approximate surface area is 118 Å². The van der Waals surface area contributed by atoms with Gasteiger partial charge in [0.25, 0.3) is 0 Å². The molecule has 0 bridgehead atoms. The van der Waals surface area contributed by atoms with Crippen LogP contribution in [-0.4, -0.2) is 24.5 Å². The van der Waals surface area contributed by atoms with Crippen molar-refractivity contribution in [2.75, 3.05) is 23.8 Å². The molecule has 0 spiro atoms. The zero-order chi connectivity index (χ0) is 14.1. The van der Waals surface area contributed by atoms with E-state index in [0.29, 0.717) is 6.42 Å². The Morgan fingerprint density at radius 3 is 3.00 bits per heavy atom. The van der Waals surface area contributed by atoms with Crippen LogP contribution in [0, 0.1) is 6.92 Å². The smallest absolute Gasteiger partial charge is 0.228 e. The van der Waals surface area contributed by atoms with Gasteiger partial charge in [-0.15, -0.1) is 0 Å². The molecule has 1 aliphatic heterocycles. The Balaban J connectivity index is 1.67. The zero-order valence-corrected chi connectivity index (χ0v) is 11.9. The third-order valence-electron chi connectivity index (χ3n) is 3.74. The molecule has 2 heterocycles. The molecule has 2 N–H and O–H groups in total. The van der Waals surface area contributed by atoms with Crippen molar-refractivity contribution >= 4 is 17.3 Å². The van der Waals surface area contributed by atoms with Gasteiger partial charge in [-0.3, -0.25) is 4.79 Å². The van der Waals surface area contributed by atoms with Crippen molar-refractivity contribution in [3.8, 4) is 0 Å². The molecular formula is C16H19N3O. The number of hydrogen-bond acceptors (Lipinski definition) is 2. The van der Waals surface area contributed by atoms with Crippen LogP contribution < -0.4 is 10.2 Å². The quantitative estimate of drug-likeness (QED) is 0.899. The van der Waals surface area contributed by atoms with Crippen molar-refractivity contribution in [2.45, 2.75) is 19.8 Å². The van der Waals surface area contributed by atoms with E-state index < -0.39 is 0 Å². The number of benzene rings is 1. The Bertz CT molecular complexity index is 645. The number of likely N-dealkylation sites (N-methyl/N-ethyl adjacent to an activating group) is 1. The summed E-state index contributed by atoms with van der Waals surface area (Å²) >= 11 is 0. The molecule has 4 heteroatoms. The average molecular weight is 269 g/mol. The van der Waals surface area contributed by atoms with E-state index in [1.807, 2.05) is 25.3 Å². The van der Waals surface area contributed by atoms with Crippen molar-refractivity contribution in [3.63, 3.8) is 0 Å². The summed E-state index contributed by atoms with van der Waals surface area (Å²) in [5.74, 6) is 0.0234. The van der Waals surface area contributed by atoms with Crippen molar-refractivity contribution in [1.29, 1.82) is 0 Å². The Kier molecular flexibility index (Phi) is 3.22. The maximum atomic E-state index is 12.0. The van der Waals surface area contributed by atoms with Crippen LogP contribution in [0.3, 0.4) is 0 Å². The van der Waals surface area contributed by atoms with Gasteiger partial charge in [0.2, 0.25) is 5.91 Å². The number of amides is 1. The molecule has 1 amide bonds. The Hall–Kier alpha value is -2.23. The number of aromatic nitrogens is 1. The monoisotopic (exact) mass is 269 g/mol. The van der Waals surface area contributed by atoms with E-state index in [1.54, 1.807) is 0 Å². The molecule has 1 aliphatic rings. The number of carbonyl (C=O) groups excluding carboxylic acids is 1. The molecule has 0 saturated heterocycles. The van der Waals surface area contributed by atoms with Gasteiger partial charge in [0.15, 0.2) is 0 Å². The number of aromatic amines is 1. The zero-order valence-electron chi connectivity index (χ0n) is 11.9. The molecule has 0 radical (unpaired) electrons. The van der Waals surface area contributed by atoms with Crippen LogP contribution in [-0.2, 0) is 17.6 Å². The van der Waals surface area contributed by atoms with Gasteiger partial charge >= 0.3 is 0 Å². The van der Waals surface area contributed by atoms with E-state index in [2.05, 4.69) is 34.4 Å². The topological polar surface area (TPSA) is 48.1 Å².